The molecule has 14 heavy (non-hydrogen) atoms. The van der Waals surface area contributed by atoms with Crippen molar-refractivity contribution < 1.29 is 5.11 Å². The van der Waals surface area contributed by atoms with Gasteiger partial charge in [0.2, 0.25) is 0 Å². The van der Waals surface area contributed by atoms with Crippen LogP contribution in [-0.2, 0) is 0 Å². The zero-order valence-corrected chi connectivity index (χ0v) is 8.20. The highest BCUT2D eigenvalue weighted by molar-refractivity contribution is 5.61. The first kappa shape index (κ1) is 8.81. The summed E-state index contributed by atoms with van der Waals surface area (Å²) in [4.78, 5) is 7.22. The third-order valence-electron chi connectivity index (χ3n) is 2.22. The van der Waals surface area contributed by atoms with Crippen LogP contribution in [0.25, 0.3) is 11.3 Å². The number of H-pyrrole nitrogens is 1. The minimum atomic E-state index is 0.315. The van der Waals surface area contributed by atoms with Gasteiger partial charge in [-0.1, -0.05) is 12.1 Å². The molecule has 2 N–H and O–H groups in total. The van der Waals surface area contributed by atoms with Crippen LogP contribution in [0.15, 0.2) is 24.4 Å². The standard InChI is InChI=1S/C11H12N2O/c1-7-3-4-9(5-11(7)14)10-6-12-8(2)13-10/h3-6,14H,1-2H3,(H,12,13). The second kappa shape index (κ2) is 3.18. The van der Waals surface area contributed by atoms with Gasteiger partial charge in [-0.25, -0.2) is 4.98 Å². The molecule has 0 saturated carbocycles. The van der Waals surface area contributed by atoms with Crippen LogP contribution in [0.5, 0.6) is 5.75 Å². The van der Waals surface area contributed by atoms with E-state index in [2.05, 4.69) is 9.97 Å². The maximum atomic E-state index is 9.53. The highest BCUT2D eigenvalue weighted by Crippen LogP contribution is 2.24. The van der Waals surface area contributed by atoms with Crippen molar-refractivity contribution in [3.63, 3.8) is 0 Å². The van der Waals surface area contributed by atoms with Gasteiger partial charge in [-0.2, -0.15) is 0 Å². The fourth-order valence-corrected chi connectivity index (χ4v) is 1.34. The number of hydrogen-bond donors (Lipinski definition) is 2. The second-order valence-electron chi connectivity index (χ2n) is 3.38. The minimum absolute atomic E-state index is 0.315. The summed E-state index contributed by atoms with van der Waals surface area (Å²) in [6.45, 7) is 3.77. The molecule has 0 bridgehead atoms. The molecule has 0 saturated heterocycles. The molecular formula is C11H12N2O. The first-order valence-electron chi connectivity index (χ1n) is 4.48. The zero-order valence-electron chi connectivity index (χ0n) is 8.20. The van der Waals surface area contributed by atoms with Gasteiger partial charge in [-0.05, 0) is 25.5 Å². The second-order valence-corrected chi connectivity index (χ2v) is 3.38. The Hall–Kier alpha value is -1.77. The molecule has 3 heteroatoms. The van der Waals surface area contributed by atoms with Crippen molar-refractivity contribution in [2.75, 3.05) is 0 Å². The SMILES string of the molecule is Cc1ncc(-c2ccc(C)c(O)c2)[nH]1. The van der Waals surface area contributed by atoms with Crippen LogP contribution < -0.4 is 0 Å². The number of aromatic amines is 1. The molecule has 0 spiro atoms. The largest absolute Gasteiger partial charge is 0.508 e. The molecular weight excluding hydrogens is 176 g/mol. The van der Waals surface area contributed by atoms with E-state index in [9.17, 15) is 5.11 Å². The fraction of sp³-hybridized carbons (Fsp3) is 0.182. The van der Waals surface area contributed by atoms with E-state index in [1.54, 1.807) is 12.3 Å². The number of rotatable bonds is 1. The molecule has 1 aromatic heterocycles. The summed E-state index contributed by atoms with van der Waals surface area (Å²) >= 11 is 0. The van der Waals surface area contributed by atoms with E-state index in [0.29, 0.717) is 5.75 Å². The number of nitrogens with zero attached hydrogens (tertiary/aromatic N) is 1. The van der Waals surface area contributed by atoms with E-state index in [0.717, 1.165) is 22.6 Å². The number of imidazole rings is 1. The Morgan fingerprint density at radius 1 is 1.29 bits per heavy atom. The predicted molar refractivity (Wildman–Crippen MR) is 55.2 cm³/mol. The lowest BCUT2D eigenvalue weighted by Gasteiger charge is -2.01. The lowest BCUT2D eigenvalue weighted by Crippen LogP contribution is -1.80. The van der Waals surface area contributed by atoms with E-state index in [1.807, 2.05) is 26.0 Å². The Kier molecular flexibility index (Phi) is 2.00. The smallest absolute Gasteiger partial charge is 0.119 e. The third kappa shape index (κ3) is 1.48. The van der Waals surface area contributed by atoms with Gasteiger partial charge in [-0.15, -0.1) is 0 Å². The Balaban J connectivity index is 2.47. The van der Waals surface area contributed by atoms with Gasteiger partial charge >= 0.3 is 0 Å². The molecule has 0 fully saturated rings. The van der Waals surface area contributed by atoms with Crippen LogP contribution >= 0.6 is 0 Å². The highest BCUT2D eigenvalue weighted by Gasteiger charge is 2.02. The molecule has 72 valence electrons. The summed E-state index contributed by atoms with van der Waals surface area (Å²) in [6.07, 6.45) is 1.76. The van der Waals surface area contributed by atoms with Crippen molar-refractivity contribution in [2.24, 2.45) is 0 Å². The fourth-order valence-electron chi connectivity index (χ4n) is 1.34. The lowest BCUT2D eigenvalue weighted by atomic mass is 10.1. The lowest BCUT2D eigenvalue weighted by molar-refractivity contribution is 0.471. The number of aryl methyl sites for hydroxylation is 2. The molecule has 0 aliphatic carbocycles. The molecule has 2 aromatic rings. The first-order chi connectivity index (χ1) is 6.66. The van der Waals surface area contributed by atoms with E-state index in [-0.39, 0.29) is 0 Å². The molecule has 0 amide bonds. The van der Waals surface area contributed by atoms with Crippen molar-refractivity contribution in [1.29, 1.82) is 0 Å². The molecule has 0 unspecified atom stereocenters. The van der Waals surface area contributed by atoms with Gasteiger partial charge in [0.1, 0.15) is 11.6 Å². The molecule has 3 nitrogen and oxygen atoms in total. The van der Waals surface area contributed by atoms with Crippen LogP contribution in [0.1, 0.15) is 11.4 Å². The molecule has 0 radical (unpaired) electrons. The number of hydrogen-bond acceptors (Lipinski definition) is 2. The average Bonchev–Trinajstić information content (AvgIpc) is 2.57. The first-order valence-corrected chi connectivity index (χ1v) is 4.48. The van der Waals surface area contributed by atoms with Crippen molar-refractivity contribution in [3.05, 3.63) is 35.8 Å². The van der Waals surface area contributed by atoms with Crippen molar-refractivity contribution in [1.82, 2.24) is 9.97 Å². The summed E-state index contributed by atoms with van der Waals surface area (Å²) in [5, 5.41) is 9.53. The van der Waals surface area contributed by atoms with Crippen LogP contribution in [0, 0.1) is 13.8 Å². The number of phenols is 1. The molecule has 1 heterocycles. The molecule has 0 aliphatic rings. The van der Waals surface area contributed by atoms with Gasteiger partial charge in [0.05, 0.1) is 11.9 Å². The van der Waals surface area contributed by atoms with Crippen molar-refractivity contribution in [2.45, 2.75) is 13.8 Å². The normalized spacial score (nSPS) is 10.4. The number of phenolic OH excluding ortho intramolecular Hbond substituents is 1. The van der Waals surface area contributed by atoms with Gasteiger partial charge in [-0.3, -0.25) is 0 Å². The van der Waals surface area contributed by atoms with E-state index in [4.69, 9.17) is 0 Å². The minimum Gasteiger partial charge on any atom is -0.508 e. The highest BCUT2D eigenvalue weighted by atomic mass is 16.3. The Morgan fingerprint density at radius 3 is 2.64 bits per heavy atom. The monoisotopic (exact) mass is 188 g/mol. The number of benzene rings is 1. The molecule has 0 atom stereocenters. The summed E-state index contributed by atoms with van der Waals surface area (Å²) < 4.78 is 0. The maximum Gasteiger partial charge on any atom is 0.119 e. The molecule has 2 rings (SSSR count). The Bertz CT molecular complexity index is 460. The third-order valence-corrected chi connectivity index (χ3v) is 2.22. The van der Waals surface area contributed by atoms with Gasteiger partial charge in [0.15, 0.2) is 0 Å². The topological polar surface area (TPSA) is 48.9 Å². The average molecular weight is 188 g/mol. The van der Waals surface area contributed by atoms with Crippen LogP contribution in [-0.4, -0.2) is 15.1 Å². The van der Waals surface area contributed by atoms with Crippen LogP contribution in [0.4, 0.5) is 0 Å². The Labute approximate surface area is 82.4 Å². The zero-order chi connectivity index (χ0) is 10.1. The quantitative estimate of drug-likeness (QED) is 0.722. The molecule has 1 aromatic carbocycles. The van der Waals surface area contributed by atoms with Crippen molar-refractivity contribution in [3.8, 4) is 17.0 Å². The summed E-state index contributed by atoms with van der Waals surface area (Å²) in [7, 11) is 0. The van der Waals surface area contributed by atoms with Crippen LogP contribution in [0.3, 0.4) is 0 Å². The van der Waals surface area contributed by atoms with E-state index >= 15 is 0 Å². The van der Waals surface area contributed by atoms with E-state index < -0.39 is 0 Å². The summed E-state index contributed by atoms with van der Waals surface area (Å²) in [5.74, 6) is 1.19. The van der Waals surface area contributed by atoms with Gasteiger partial charge in [0, 0.05) is 5.56 Å². The van der Waals surface area contributed by atoms with Crippen LogP contribution in [0.2, 0.25) is 0 Å². The van der Waals surface area contributed by atoms with Gasteiger partial charge in [0.25, 0.3) is 0 Å². The van der Waals surface area contributed by atoms with E-state index in [1.165, 1.54) is 0 Å². The Morgan fingerprint density at radius 2 is 2.07 bits per heavy atom. The predicted octanol–water partition coefficient (Wildman–Crippen LogP) is 2.40. The molecule has 0 aliphatic heterocycles. The maximum absolute atomic E-state index is 9.53. The van der Waals surface area contributed by atoms with Crippen molar-refractivity contribution >= 4 is 0 Å². The number of aromatic hydroxyl groups is 1. The number of aromatic nitrogens is 2. The summed E-state index contributed by atoms with van der Waals surface area (Å²) in [5.41, 5.74) is 2.76. The van der Waals surface area contributed by atoms with Gasteiger partial charge < -0.3 is 10.1 Å². The summed E-state index contributed by atoms with van der Waals surface area (Å²) in [6, 6.07) is 5.59. The number of nitrogens with one attached hydrogen (secondary N) is 1.